The Morgan fingerprint density at radius 2 is 1.92 bits per heavy atom. The van der Waals surface area contributed by atoms with E-state index in [0.717, 1.165) is 38.5 Å². The SMILES string of the molecule is C[C@H](O)C(=O)N1CCC[C@H](N)[C@@H]1COC1CCC(c2ccccc2)CC1. The first-order valence-electron chi connectivity index (χ1n) is 9.97. The van der Waals surface area contributed by atoms with Crippen LogP contribution in [0, 0.1) is 0 Å². The van der Waals surface area contributed by atoms with Crippen LogP contribution in [0.2, 0.25) is 0 Å². The number of carbonyl (C=O) groups excluding carboxylic acids is 1. The van der Waals surface area contributed by atoms with E-state index in [9.17, 15) is 9.90 Å². The number of likely N-dealkylation sites (tertiary alicyclic amines) is 1. The predicted molar refractivity (Wildman–Crippen MR) is 102 cm³/mol. The van der Waals surface area contributed by atoms with Crippen LogP contribution in [0.1, 0.15) is 56.9 Å². The number of nitrogens with zero attached hydrogens (tertiary/aromatic N) is 1. The normalized spacial score (nSPS) is 30.8. The van der Waals surface area contributed by atoms with Gasteiger partial charge in [-0.05, 0) is 56.9 Å². The zero-order valence-electron chi connectivity index (χ0n) is 15.7. The predicted octanol–water partition coefficient (Wildman–Crippen LogP) is 2.43. The molecule has 1 heterocycles. The van der Waals surface area contributed by atoms with Gasteiger partial charge in [0, 0.05) is 12.6 Å². The molecular formula is C21H32N2O3. The Balaban J connectivity index is 1.51. The molecule has 1 aliphatic heterocycles. The van der Waals surface area contributed by atoms with Gasteiger partial charge in [0.1, 0.15) is 6.10 Å². The lowest BCUT2D eigenvalue weighted by Crippen LogP contribution is -2.58. The van der Waals surface area contributed by atoms with E-state index in [2.05, 4.69) is 30.3 Å². The van der Waals surface area contributed by atoms with E-state index in [4.69, 9.17) is 10.5 Å². The molecule has 1 amide bonds. The van der Waals surface area contributed by atoms with Crippen molar-refractivity contribution < 1.29 is 14.6 Å². The van der Waals surface area contributed by atoms with Crippen LogP contribution in [0.4, 0.5) is 0 Å². The molecule has 0 unspecified atom stereocenters. The van der Waals surface area contributed by atoms with Crippen molar-refractivity contribution >= 4 is 5.91 Å². The van der Waals surface area contributed by atoms with E-state index in [-0.39, 0.29) is 24.1 Å². The highest BCUT2D eigenvalue weighted by Gasteiger charge is 2.35. The zero-order valence-corrected chi connectivity index (χ0v) is 15.7. The number of nitrogens with two attached hydrogens (primary N) is 1. The molecule has 1 aromatic carbocycles. The van der Waals surface area contributed by atoms with Crippen molar-refractivity contribution in [2.75, 3.05) is 13.2 Å². The number of hydrogen-bond donors (Lipinski definition) is 2. The Hall–Kier alpha value is -1.43. The van der Waals surface area contributed by atoms with Crippen LogP contribution < -0.4 is 5.73 Å². The number of rotatable bonds is 5. The maximum atomic E-state index is 12.3. The molecule has 0 spiro atoms. The lowest BCUT2D eigenvalue weighted by molar-refractivity contribution is -0.146. The number of amides is 1. The number of hydrogen-bond acceptors (Lipinski definition) is 4. The molecule has 0 aromatic heterocycles. The standard InChI is InChI=1S/C21H32N2O3/c1-15(24)21(25)23-13-5-8-19(22)20(23)14-26-18-11-9-17(10-12-18)16-6-3-2-4-7-16/h2-4,6-7,15,17-20,24H,5,8-14,22H2,1H3/t15-,17?,18?,19-,20-/m0/s1. The number of piperidine rings is 1. The molecule has 0 bridgehead atoms. The van der Waals surface area contributed by atoms with E-state index in [1.807, 2.05) is 0 Å². The fourth-order valence-corrected chi connectivity index (χ4v) is 4.34. The molecule has 1 saturated heterocycles. The topological polar surface area (TPSA) is 75.8 Å². The van der Waals surface area contributed by atoms with E-state index < -0.39 is 6.10 Å². The number of carbonyl (C=O) groups is 1. The number of aliphatic hydroxyl groups excluding tert-OH is 1. The Labute approximate surface area is 156 Å². The minimum atomic E-state index is -0.982. The summed E-state index contributed by atoms with van der Waals surface area (Å²) < 4.78 is 6.18. The lowest BCUT2D eigenvalue weighted by Gasteiger charge is -2.41. The van der Waals surface area contributed by atoms with Gasteiger partial charge in [0.05, 0.1) is 18.8 Å². The van der Waals surface area contributed by atoms with E-state index in [1.165, 1.54) is 12.5 Å². The molecule has 0 radical (unpaired) electrons. The highest BCUT2D eigenvalue weighted by molar-refractivity contribution is 5.80. The van der Waals surface area contributed by atoms with Crippen LogP contribution >= 0.6 is 0 Å². The van der Waals surface area contributed by atoms with Gasteiger partial charge in [0.25, 0.3) is 5.91 Å². The molecule has 3 N–H and O–H groups in total. The highest BCUT2D eigenvalue weighted by Crippen LogP contribution is 2.34. The summed E-state index contributed by atoms with van der Waals surface area (Å²) in [6.07, 6.45) is 5.43. The van der Waals surface area contributed by atoms with Gasteiger partial charge in [-0.3, -0.25) is 4.79 Å². The average Bonchev–Trinajstić information content (AvgIpc) is 2.67. The van der Waals surface area contributed by atoms with E-state index in [1.54, 1.807) is 4.90 Å². The van der Waals surface area contributed by atoms with Crippen LogP contribution in [-0.2, 0) is 9.53 Å². The summed E-state index contributed by atoms with van der Waals surface area (Å²) in [4.78, 5) is 14.0. The second-order valence-corrected chi connectivity index (χ2v) is 7.80. The summed E-state index contributed by atoms with van der Waals surface area (Å²) in [7, 11) is 0. The van der Waals surface area contributed by atoms with Gasteiger partial charge in [0.15, 0.2) is 0 Å². The van der Waals surface area contributed by atoms with Crippen molar-refractivity contribution in [3.05, 3.63) is 35.9 Å². The third-order valence-electron chi connectivity index (χ3n) is 5.92. The first-order chi connectivity index (χ1) is 12.6. The molecule has 5 heteroatoms. The van der Waals surface area contributed by atoms with E-state index >= 15 is 0 Å². The minimum Gasteiger partial charge on any atom is -0.384 e. The molecule has 1 saturated carbocycles. The third kappa shape index (κ3) is 4.64. The maximum absolute atomic E-state index is 12.3. The Morgan fingerprint density at radius 1 is 1.23 bits per heavy atom. The number of ether oxygens (including phenoxy) is 1. The molecule has 2 aliphatic rings. The Kier molecular flexibility index (Phi) is 6.68. The monoisotopic (exact) mass is 360 g/mol. The maximum Gasteiger partial charge on any atom is 0.251 e. The molecule has 26 heavy (non-hydrogen) atoms. The van der Waals surface area contributed by atoms with Crippen LogP contribution in [0.25, 0.3) is 0 Å². The molecule has 1 aromatic rings. The molecule has 2 fully saturated rings. The molecule has 5 nitrogen and oxygen atoms in total. The van der Waals surface area contributed by atoms with Gasteiger partial charge in [-0.2, -0.15) is 0 Å². The van der Waals surface area contributed by atoms with Crippen molar-refractivity contribution in [2.45, 2.75) is 75.7 Å². The van der Waals surface area contributed by atoms with Gasteiger partial charge < -0.3 is 20.5 Å². The highest BCUT2D eigenvalue weighted by atomic mass is 16.5. The van der Waals surface area contributed by atoms with Gasteiger partial charge in [-0.25, -0.2) is 0 Å². The van der Waals surface area contributed by atoms with Crippen LogP contribution in [0.3, 0.4) is 0 Å². The summed E-state index contributed by atoms with van der Waals surface area (Å²) in [5.74, 6) is 0.392. The summed E-state index contributed by atoms with van der Waals surface area (Å²) in [6, 6.07) is 10.5. The van der Waals surface area contributed by atoms with Gasteiger partial charge in [-0.15, -0.1) is 0 Å². The van der Waals surface area contributed by atoms with Gasteiger partial charge >= 0.3 is 0 Å². The second-order valence-electron chi connectivity index (χ2n) is 7.80. The quantitative estimate of drug-likeness (QED) is 0.846. The smallest absolute Gasteiger partial charge is 0.251 e. The molecular weight excluding hydrogens is 328 g/mol. The van der Waals surface area contributed by atoms with Crippen molar-refractivity contribution in [3.63, 3.8) is 0 Å². The molecule has 144 valence electrons. The largest absolute Gasteiger partial charge is 0.384 e. The van der Waals surface area contributed by atoms with Crippen LogP contribution in [0.15, 0.2) is 30.3 Å². The van der Waals surface area contributed by atoms with Crippen molar-refractivity contribution in [3.8, 4) is 0 Å². The van der Waals surface area contributed by atoms with Gasteiger partial charge in [0.2, 0.25) is 0 Å². The van der Waals surface area contributed by atoms with Crippen LogP contribution in [-0.4, -0.2) is 53.4 Å². The fourth-order valence-electron chi connectivity index (χ4n) is 4.34. The fraction of sp³-hybridized carbons (Fsp3) is 0.667. The van der Waals surface area contributed by atoms with Crippen molar-refractivity contribution in [2.24, 2.45) is 5.73 Å². The number of benzene rings is 1. The van der Waals surface area contributed by atoms with Crippen LogP contribution in [0.5, 0.6) is 0 Å². The second kappa shape index (κ2) is 8.98. The van der Waals surface area contributed by atoms with Crippen molar-refractivity contribution in [1.29, 1.82) is 0 Å². The Bertz CT molecular complexity index is 570. The zero-order chi connectivity index (χ0) is 18.5. The van der Waals surface area contributed by atoms with Crippen molar-refractivity contribution in [1.82, 2.24) is 4.90 Å². The summed E-state index contributed by atoms with van der Waals surface area (Å²) >= 11 is 0. The average molecular weight is 360 g/mol. The summed E-state index contributed by atoms with van der Waals surface area (Å²) in [5.41, 5.74) is 7.69. The molecule has 3 atom stereocenters. The molecule has 3 rings (SSSR count). The lowest BCUT2D eigenvalue weighted by atomic mass is 9.83. The van der Waals surface area contributed by atoms with E-state index in [0.29, 0.717) is 19.1 Å². The summed E-state index contributed by atoms with van der Waals surface area (Å²) in [6.45, 7) is 2.65. The van der Waals surface area contributed by atoms with Gasteiger partial charge in [-0.1, -0.05) is 30.3 Å². The Morgan fingerprint density at radius 3 is 2.58 bits per heavy atom. The number of aliphatic hydroxyl groups is 1. The third-order valence-corrected chi connectivity index (χ3v) is 5.92. The minimum absolute atomic E-state index is 0.0768. The summed E-state index contributed by atoms with van der Waals surface area (Å²) in [5, 5.41) is 9.66. The first-order valence-corrected chi connectivity index (χ1v) is 9.97. The molecule has 1 aliphatic carbocycles. The first kappa shape index (κ1) is 19.3.